The SMILES string of the molecule is Cc1ccc(CNc2cc(Cl)c(N)cc2C)s1. The van der Waals surface area contributed by atoms with E-state index < -0.39 is 0 Å². The van der Waals surface area contributed by atoms with E-state index in [0.29, 0.717) is 10.7 Å². The minimum Gasteiger partial charge on any atom is -0.398 e. The lowest BCUT2D eigenvalue weighted by atomic mass is 10.2. The van der Waals surface area contributed by atoms with Crippen molar-refractivity contribution in [2.75, 3.05) is 11.1 Å². The minimum atomic E-state index is 0.598. The molecule has 0 saturated carbocycles. The number of nitrogens with one attached hydrogen (secondary N) is 1. The van der Waals surface area contributed by atoms with Crippen molar-refractivity contribution in [2.45, 2.75) is 20.4 Å². The molecule has 2 rings (SSSR count). The number of rotatable bonds is 3. The molecular formula is C13H15ClN2S. The quantitative estimate of drug-likeness (QED) is 0.817. The number of aryl methyl sites for hydroxylation is 2. The first-order chi connectivity index (χ1) is 8.06. The van der Waals surface area contributed by atoms with Gasteiger partial charge < -0.3 is 11.1 Å². The van der Waals surface area contributed by atoms with Crippen LogP contribution in [0.4, 0.5) is 11.4 Å². The van der Waals surface area contributed by atoms with Crippen molar-refractivity contribution >= 4 is 34.3 Å². The zero-order valence-electron chi connectivity index (χ0n) is 9.88. The Morgan fingerprint density at radius 1 is 1.29 bits per heavy atom. The van der Waals surface area contributed by atoms with Gasteiger partial charge in [0.15, 0.2) is 0 Å². The van der Waals surface area contributed by atoms with Gasteiger partial charge in [0.1, 0.15) is 0 Å². The third-order valence-corrected chi connectivity index (χ3v) is 3.92. The van der Waals surface area contributed by atoms with E-state index in [1.54, 1.807) is 11.3 Å². The monoisotopic (exact) mass is 266 g/mol. The molecule has 0 aliphatic heterocycles. The van der Waals surface area contributed by atoms with Gasteiger partial charge in [-0.15, -0.1) is 11.3 Å². The van der Waals surface area contributed by atoms with E-state index in [1.165, 1.54) is 9.75 Å². The Morgan fingerprint density at radius 2 is 2.06 bits per heavy atom. The second-order valence-corrected chi connectivity index (χ2v) is 5.83. The van der Waals surface area contributed by atoms with Gasteiger partial charge in [0.05, 0.1) is 10.7 Å². The highest BCUT2D eigenvalue weighted by Crippen LogP contribution is 2.27. The van der Waals surface area contributed by atoms with Gasteiger partial charge in [-0.1, -0.05) is 11.6 Å². The van der Waals surface area contributed by atoms with E-state index in [0.717, 1.165) is 17.8 Å². The average Bonchev–Trinajstić information content (AvgIpc) is 2.68. The summed E-state index contributed by atoms with van der Waals surface area (Å²) < 4.78 is 0. The van der Waals surface area contributed by atoms with Crippen molar-refractivity contribution in [1.29, 1.82) is 0 Å². The van der Waals surface area contributed by atoms with Crippen LogP contribution in [-0.2, 0) is 6.54 Å². The number of hydrogen-bond donors (Lipinski definition) is 2. The van der Waals surface area contributed by atoms with Crippen molar-refractivity contribution in [3.8, 4) is 0 Å². The lowest BCUT2D eigenvalue weighted by Crippen LogP contribution is -2.00. The smallest absolute Gasteiger partial charge is 0.0656 e. The highest BCUT2D eigenvalue weighted by Gasteiger charge is 2.04. The summed E-state index contributed by atoms with van der Waals surface area (Å²) in [5, 5.41) is 3.98. The topological polar surface area (TPSA) is 38.0 Å². The van der Waals surface area contributed by atoms with Crippen LogP contribution in [0.5, 0.6) is 0 Å². The molecule has 3 N–H and O–H groups in total. The molecule has 90 valence electrons. The maximum absolute atomic E-state index is 6.01. The Hall–Kier alpha value is -1.19. The van der Waals surface area contributed by atoms with Crippen LogP contribution < -0.4 is 11.1 Å². The Morgan fingerprint density at radius 3 is 2.71 bits per heavy atom. The van der Waals surface area contributed by atoms with E-state index in [-0.39, 0.29) is 0 Å². The third-order valence-electron chi connectivity index (χ3n) is 2.59. The number of nitrogens with two attached hydrogens (primary N) is 1. The molecule has 0 fully saturated rings. The molecule has 4 heteroatoms. The Balaban J connectivity index is 2.11. The predicted molar refractivity (Wildman–Crippen MR) is 77.0 cm³/mol. The molecule has 17 heavy (non-hydrogen) atoms. The summed E-state index contributed by atoms with van der Waals surface area (Å²) in [5.41, 5.74) is 8.52. The normalized spacial score (nSPS) is 10.5. The third kappa shape index (κ3) is 2.93. The van der Waals surface area contributed by atoms with Crippen LogP contribution in [0.2, 0.25) is 5.02 Å². The second kappa shape index (κ2) is 4.98. The second-order valence-electron chi connectivity index (χ2n) is 4.05. The van der Waals surface area contributed by atoms with Crippen molar-refractivity contribution in [3.05, 3.63) is 44.6 Å². The van der Waals surface area contributed by atoms with Gasteiger partial charge in [-0.25, -0.2) is 0 Å². The molecule has 0 spiro atoms. The standard InChI is InChI=1S/C13H15ClN2S/c1-8-5-12(15)11(14)6-13(8)16-7-10-4-3-9(2)17-10/h3-6,16H,7,15H2,1-2H3. The first-order valence-electron chi connectivity index (χ1n) is 5.41. The number of anilines is 2. The van der Waals surface area contributed by atoms with E-state index >= 15 is 0 Å². The summed E-state index contributed by atoms with van der Waals surface area (Å²) in [6, 6.07) is 8.04. The maximum atomic E-state index is 6.01. The first-order valence-corrected chi connectivity index (χ1v) is 6.60. The Labute approximate surface area is 110 Å². The summed E-state index contributed by atoms with van der Waals surface area (Å²) >= 11 is 7.81. The average molecular weight is 267 g/mol. The van der Waals surface area contributed by atoms with Gasteiger partial charge in [-0.05, 0) is 43.7 Å². The molecule has 0 bridgehead atoms. The number of benzene rings is 1. The van der Waals surface area contributed by atoms with Gasteiger partial charge in [0.25, 0.3) is 0 Å². The zero-order valence-corrected chi connectivity index (χ0v) is 11.5. The highest BCUT2D eigenvalue weighted by molar-refractivity contribution is 7.11. The molecular weight excluding hydrogens is 252 g/mol. The summed E-state index contributed by atoms with van der Waals surface area (Å²) in [4.78, 5) is 2.64. The van der Waals surface area contributed by atoms with Crippen molar-refractivity contribution < 1.29 is 0 Å². The van der Waals surface area contributed by atoms with Crippen molar-refractivity contribution in [1.82, 2.24) is 0 Å². The summed E-state index contributed by atoms with van der Waals surface area (Å²) in [6.45, 7) is 4.95. The molecule has 0 amide bonds. The number of thiophene rings is 1. The van der Waals surface area contributed by atoms with Gasteiger partial charge in [-0.2, -0.15) is 0 Å². The number of hydrogen-bond acceptors (Lipinski definition) is 3. The summed E-state index contributed by atoms with van der Waals surface area (Å²) in [6.07, 6.45) is 0. The number of halogens is 1. The van der Waals surface area contributed by atoms with Crippen LogP contribution in [0, 0.1) is 13.8 Å². The van der Waals surface area contributed by atoms with Gasteiger partial charge >= 0.3 is 0 Å². The molecule has 1 heterocycles. The largest absolute Gasteiger partial charge is 0.398 e. The van der Waals surface area contributed by atoms with Crippen LogP contribution in [0.3, 0.4) is 0 Å². The fourth-order valence-electron chi connectivity index (χ4n) is 1.66. The predicted octanol–water partition coefficient (Wildman–Crippen LogP) is 4.21. The first kappa shape index (κ1) is 12.3. The lowest BCUT2D eigenvalue weighted by Gasteiger charge is -2.10. The Kier molecular flexibility index (Phi) is 3.60. The van der Waals surface area contributed by atoms with Crippen molar-refractivity contribution in [3.63, 3.8) is 0 Å². The summed E-state index contributed by atoms with van der Waals surface area (Å²) in [7, 11) is 0. The summed E-state index contributed by atoms with van der Waals surface area (Å²) in [5.74, 6) is 0. The molecule has 1 aromatic heterocycles. The molecule has 1 aromatic carbocycles. The molecule has 2 aromatic rings. The van der Waals surface area contributed by atoms with Gasteiger partial charge in [-0.3, -0.25) is 0 Å². The number of nitrogen functional groups attached to an aromatic ring is 1. The zero-order chi connectivity index (χ0) is 12.4. The minimum absolute atomic E-state index is 0.598. The molecule has 0 unspecified atom stereocenters. The highest BCUT2D eigenvalue weighted by atomic mass is 35.5. The van der Waals surface area contributed by atoms with Crippen molar-refractivity contribution in [2.24, 2.45) is 0 Å². The molecule has 0 atom stereocenters. The molecule has 0 radical (unpaired) electrons. The van der Waals surface area contributed by atoms with E-state index in [1.807, 2.05) is 19.1 Å². The fourth-order valence-corrected chi connectivity index (χ4v) is 2.65. The van der Waals surface area contributed by atoms with E-state index in [4.69, 9.17) is 17.3 Å². The van der Waals surface area contributed by atoms with Crippen LogP contribution in [0.15, 0.2) is 24.3 Å². The molecule has 2 nitrogen and oxygen atoms in total. The van der Waals surface area contributed by atoms with Gasteiger partial charge in [0, 0.05) is 22.0 Å². The van der Waals surface area contributed by atoms with E-state index in [2.05, 4.69) is 24.4 Å². The lowest BCUT2D eigenvalue weighted by molar-refractivity contribution is 1.18. The van der Waals surface area contributed by atoms with Crippen LogP contribution in [-0.4, -0.2) is 0 Å². The Bertz CT molecular complexity index is 534. The van der Waals surface area contributed by atoms with Crippen LogP contribution >= 0.6 is 22.9 Å². The molecule has 0 aliphatic rings. The fraction of sp³-hybridized carbons (Fsp3) is 0.231. The van der Waals surface area contributed by atoms with Crippen LogP contribution in [0.1, 0.15) is 15.3 Å². The van der Waals surface area contributed by atoms with Crippen LogP contribution in [0.25, 0.3) is 0 Å². The maximum Gasteiger partial charge on any atom is 0.0656 e. The van der Waals surface area contributed by atoms with Gasteiger partial charge in [0.2, 0.25) is 0 Å². The molecule has 0 saturated heterocycles. The molecule has 0 aliphatic carbocycles. The van der Waals surface area contributed by atoms with E-state index in [9.17, 15) is 0 Å².